The van der Waals surface area contributed by atoms with E-state index in [-0.39, 0.29) is 11.4 Å². The van der Waals surface area contributed by atoms with Crippen molar-refractivity contribution in [1.82, 2.24) is 4.90 Å². The fourth-order valence-corrected chi connectivity index (χ4v) is 1.40. The number of ether oxygens (including phenoxy) is 1. The highest BCUT2D eigenvalue weighted by Crippen LogP contribution is 2.46. The van der Waals surface area contributed by atoms with Crippen LogP contribution in [0.3, 0.4) is 0 Å². The van der Waals surface area contributed by atoms with Gasteiger partial charge in [0.1, 0.15) is 0 Å². The third-order valence-corrected chi connectivity index (χ3v) is 2.09. The average Bonchev–Trinajstić information content (AvgIpc) is 2.67. The zero-order chi connectivity index (χ0) is 8.48. The van der Waals surface area contributed by atoms with Gasteiger partial charge in [-0.25, -0.2) is 0 Å². The number of esters is 1. The summed E-state index contributed by atoms with van der Waals surface area (Å²) in [5.41, 5.74) is -0.155. The molecule has 0 unspecified atom stereocenters. The minimum absolute atomic E-state index is 0.0498. The molecule has 0 aromatic rings. The van der Waals surface area contributed by atoms with Gasteiger partial charge in [-0.2, -0.15) is 0 Å². The molecule has 3 nitrogen and oxygen atoms in total. The predicted molar refractivity (Wildman–Crippen MR) is 42.2 cm³/mol. The largest absolute Gasteiger partial charge is 0.469 e. The van der Waals surface area contributed by atoms with E-state index in [0.717, 1.165) is 19.4 Å². The Hall–Kier alpha value is -0.570. The van der Waals surface area contributed by atoms with Gasteiger partial charge in [0.25, 0.3) is 0 Å². The number of methoxy groups -OCH3 is 1. The van der Waals surface area contributed by atoms with Crippen LogP contribution in [0.1, 0.15) is 12.8 Å². The molecule has 64 valence electrons. The number of hydrogen-bond donors (Lipinski definition) is 0. The summed E-state index contributed by atoms with van der Waals surface area (Å²) in [4.78, 5) is 13.2. The van der Waals surface area contributed by atoms with Crippen molar-refractivity contribution in [3.05, 3.63) is 0 Å². The maximum Gasteiger partial charge on any atom is 0.313 e. The first-order valence-corrected chi connectivity index (χ1v) is 3.84. The lowest BCUT2D eigenvalue weighted by molar-refractivity contribution is -0.147. The molecule has 0 atom stereocenters. The van der Waals surface area contributed by atoms with Crippen molar-refractivity contribution < 1.29 is 9.53 Å². The SMILES string of the molecule is COC(=O)C1(CN(C)C)CC1. The van der Waals surface area contributed by atoms with Gasteiger partial charge in [-0.15, -0.1) is 0 Å². The van der Waals surface area contributed by atoms with Gasteiger partial charge in [-0.1, -0.05) is 0 Å². The summed E-state index contributed by atoms with van der Waals surface area (Å²) < 4.78 is 4.71. The van der Waals surface area contributed by atoms with Gasteiger partial charge in [0.05, 0.1) is 12.5 Å². The highest BCUT2D eigenvalue weighted by Gasteiger charge is 2.51. The molecule has 1 fully saturated rings. The molecule has 1 aliphatic rings. The van der Waals surface area contributed by atoms with E-state index in [9.17, 15) is 4.79 Å². The normalized spacial score (nSPS) is 20.0. The number of nitrogens with zero attached hydrogens (tertiary/aromatic N) is 1. The molecule has 0 saturated heterocycles. The van der Waals surface area contributed by atoms with Crippen molar-refractivity contribution in [2.45, 2.75) is 12.8 Å². The van der Waals surface area contributed by atoms with Crippen molar-refractivity contribution in [2.24, 2.45) is 5.41 Å². The van der Waals surface area contributed by atoms with Crippen LogP contribution in [0.4, 0.5) is 0 Å². The third-order valence-electron chi connectivity index (χ3n) is 2.09. The van der Waals surface area contributed by atoms with Gasteiger partial charge in [0.15, 0.2) is 0 Å². The van der Waals surface area contributed by atoms with Crippen molar-refractivity contribution in [3.8, 4) is 0 Å². The van der Waals surface area contributed by atoms with Crippen LogP contribution in [0, 0.1) is 5.41 Å². The van der Waals surface area contributed by atoms with Crippen LogP contribution >= 0.6 is 0 Å². The Balaban J connectivity index is 2.47. The quantitative estimate of drug-likeness (QED) is 0.559. The summed E-state index contributed by atoms with van der Waals surface area (Å²) >= 11 is 0. The molecule has 1 rings (SSSR count). The van der Waals surface area contributed by atoms with Gasteiger partial charge < -0.3 is 9.64 Å². The third kappa shape index (κ3) is 1.71. The standard InChI is InChI=1S/C8H15NO2/c1-9(2)6-8(4-5-8)7(10)11-3/h4-6H2,1-3H3. The Morgan fingerprint density at radius 1 is 1.55 bits per heavy atom. The van der Waals surface area contributed by atoms with E-state index in [0.29, 0.717) is 0 Å². The van der Waals surface area contributed by atoms with Gasteiger partial charge in [0, 0.05) is 6.54 Å². The second-order valence-corrected chi connectivity index (χ2v) is 3.51. The summed E-state index contributed by atoms with van der Waals surface area (Å²) in [6, 6.07) is 0. The molecule has 11 heavy (non-hydrogen) atoms. The van der Waals surface area contributed by atoms with Gasteiger partial charge in [-0.05, 0) is 26.9 Å². The Bertz CT molecular complexity index is 161. The van der Waals surface area contributed by atoms with Crippen LogP contribution in [0.5, 0.6) is 0 Å². The van der Waals surface area contributed by atoms with Crippen LogP contribution in [-0.4, -0.2) is 38.6 Å². The van der Waals surface area contributed by atoms with E-state index in [1.807, 2.05) is 19.0 Å². The van der Waals surface area contributed by atoms with E-state index in [1.165, 1.54) is 7.11 Å². The molecule has 0 amide bonds. The number of carbonyl (C=O) groups excluding carboxylic acids is 1. The summed E-state index contributed by atoms with van der Waals surface area (Å²) in [5, 5.41) is 0. The highest BCUT2D eigenvalue weighted by atomic mass is 16.5. The molecule has 1 aliphatic carbocycles. The topological polar surface area (TPSA) is 29.5 Å². The molecule has 0 aromatic carbocycles. The number of rotatable bonds is 3. The fraction of sp³-hybridized carbons (Fsp3) is 0.875. The van der Waals surface area contributed by atoms with Gasteiger partial charge in [0.2, 0.25) is 0 Å². The van der Waals surface area contributed by atoms with Crippen LogP contribution in [0.15, 0.2) is 0 Å². The Morgan fingerprint density at radius 3 is 2.36 bits per heavy atom. The van der Waals surface area contributed by atoms with Crippen molar-refractivity contribution >= 4 is 5.97 Å². The lowest BCUT2D eigenvalue weighted by Crippen LogP contribution is -2.30. The zero-order valence-electron chi connectivity index (χ0n) is 7.39. The first-order chi connectivity index (χ1) is 5.10. The average molecular weight is 157 g/mol. The maximum absolute atomic E-state index is 11.2. The lowest BCUT2D eigenvalue weighted by atomic mass is 10.1. The van der Waals surface area contributed by atoms with Crippen LogP contribution in [0.2, 0.25) is 0 Å². The molecule has 0 spiro atoms. The Labute approximate surface area is 67.3 Å². The predicted octanol–water partition coefficient (Wildman–Crippen LogP) is 0.501. The van der Waals surface area contributed by atoms with E-state index < -0.39 is 0 Å². The van der Waals surface area contributed by atoms with Crippen LogP contribution in [-0.2, 0) is 9.53 Å². The molecule has 0 N–H and O–H groups in total. The molecule has 0 aliphatic heterocycles. The maximum atomic E-state index is 11.2. The molecular formula is C8H15NO2. The van der Waals surface area contributed by atoms with E-state index in [2.05, 4.69) is 0 Å². The summed E-state index contributed by atoms with van der Waals surface area (Å²) in [5.74, 6) is -0.0498. The summed E-state index contributed by atoms with van der Waals surface area (Å²) in [6.45, 7) is 0.819. The molecule has 0 heterocycles. The second kappa shape index (κ2) is 2.81. The first kappa shape index (κ1) is 8.53. The highest BCUT2D eigenvalue weighted by molar-refractivity contribution is 5.80. The van der Waals surface area contributed by atoms with Crippen molar-refractivity contribution in [3.63, 3.8) is 0 Å². The molecular weight excluding hydrogens is 142 g/mol. The monoisotopic (exact) mass is 157 g/mol. The minimum atomic E-state index is -0.155. The fourth-order valence-electron chi connectivity index (χ4n) is 1.40. The van der Waals surface area contributed by atoms with E-state index in [4.69, 9.17) is 4.74 Å². The van der Waals surface area contributed by atoms with Crippen molar-refractivity contribution in [2.75, 3.05) is 27.7 Å². The zero-order valence-corrected chi connectivity index (χ0v) is 7.39. The molecule has 0 bridgehead atoms. The number of hydrogen-bond acceptors (Lipinski definition) is 3. The minimum Gasteiger partial charge on any atom is -0.469 e. The molecule has 3 heteroatoms. The summed E-state index contributed by atoms with van der Waals surface area (Å²) in [7, 11) is 5.41. The van der Waals surface area contributed by atoms with Crippen molar-refractivity contribution in [1.29, 1.82) is 0 Å². The van der Waals surface area contributed by atoms with E-state index >= 15 is 0 Å². The lowest BCUT2D eigenvalue weighted by Gasteiger charge is -2.17. The van der Waals surface area contributed by atoms with Crippen LogP contribution in [0.25, 0.3) is 0 Å². The van der Waals surface area contributed by atoms with E-state index in [1.54, 1.807) is 0 Å². The second-order valence-electron chi connectivity index (χ2n) is 3.51. The Kier molecular flexibility index (Phi) is 2.18. The van der Waals surface area contributed by atoms with Gasteiger partial charge >= 0.3 is 5.97 Å². The smallest absolute Gasteiger partial charge is 0.313 e. The summed E-state index contributed by atoms with van der Waals surface area (Å²) in [6.07, 6.45) is 1.97. The van der Waals surface area contributed by atoms with Gasteiger partial charge in [-0.3, -0.25) is 4.79 Å². The Morgan fingerprint density at radius 2 is 2.09 bits per heavy atom. The van der Waals surface area contributed by atoms with Crippen LogP contribution < -0.4 is 0 Å². The molecule has 1 saturated carbocycles. The molecule has 0 aromatic heterocycles. The molecule has 0 radical (unpaired) electrons. The number of carbonyl (C=O) groups is 1. The first-order valence-electron chi connectivity index (χ1n) is 3.84.